The number of Topliss-reactive ketones (excluding diaryl/α,β-unsaturated/α-hetero) is 1. The molecule has 1 amide bonds. The summed E-state index contributed by atoms with van der Waals surface area (Å²) in [6, 6.07) is 12.4. The van der Waals surface area contributed by atoms with Crippen molar-refractivity contribution in [1.29, 1.82) is 0 Å². The number of hydrogen-bond acceptors (Lipinski definition) is 6. The molecule has 2 aromatic carbocycles. The van der Waals surface area contributed by atoms with Crippen LogP contribution in [0.25, 0.3) is 10.8 Å². The van der Waals surface area contributed by atoms with Gasteiger partial charge >= 0.3 is 0 Å². The summed E-state index contributed by atoms with van der Waals surface area (Å²) < 4.78 is 11.6. The smallest absolute Gasteiger partial charge is 0.272 e. The van der Waals surface area contributed by atoms with Crippen LogP contribution < -0.4 is 15.0 Å². The number of aromatic nitrogens is 2. The average molecular weight is 433 g/mol. The van der Waals surface area contributed by atoms with Crippen LogP contribution in [-0.4, -0.2) is 52.6 Å². The fourth-order valence-corrected chi connectivity index (χ4v) is 4.61. The monoisotopic (exact) mass is 433 g/mol. The number of aromatic amines is 1. The fraction of sp³-hybridized carbons (Fsp3) is 0.333. The van der Waals surface area contributed by atoms with Crippen molar-refractivity contribution < 1.29 is 19.1 Å². The van der Waals surface area contributed by atoms with E-state index in [0.29, 0.717) is 65.9 Å². The lowest BCUT2D eigenvalue weighted by atomic mass is 9.82. The Bertz CT molecular complexity index is 1270. The molecule has 164 valence electrons. The minimum Gasteiger partial charge on any atom is -0.497 e. The van der Waals surface area contributed by atoms with E-state index in [4.69, 9.17) is 9.47 Å². The second-order valence-electron chi connectivity index (χ2n) is 8.35. The first kappa shape index (κ1) is 20.2. The van der Waals surface area contributed by atoms with E-state index in [1.807, 2.05) is 6.07 Å². The van der Waals surface area contributed by atoms with Crippen LogP contribution >= 0.6 is 0 Å². The van der Waals surface area contributed by atoms with Crippen LogP contribution in [0.5, 0.6) is 11.5 Å². The molecule has 1 aromatic heterocycles. The lowest BCUT2D eigenvalue weighted by Gasteiger charge is -2.44. The molecule has 1 saturated heterocycles. The van der Waals surface area contributed by atoms with Crippen molar-refractivity contribution in [3.63, 3.8) is 0 Å². The summed E-state index contributed by atoms with van der Waals surface area (Å²) in [6.07, 6.45) is 1.55. The maximum Gasteiger partial charge on any atom is 0.272 e. The third-order valence-corrected chi connectivity index (χ3v) is 6.42. The fourth-order valence-electron chi connectivity index (χ4n) is 4.61. The SMILES string of the molecule is COc1ccc2c(c1)OC1(CCN(C(=O)Cc3n[nH]c(=O)c4ccccc34)CC1)CC2=O. The number of piperidine rings is 1. The van der Waals surface area contributed by atoms with Crippen molar-refractivity contribution in [2.75, 3.05) is 20.2 Å². The molecule has 0 atom stereocenters. The Morgan fingerprint density at radius 3 is 2.66 bits per heavy atom. The molecule has 0 saturated carbocycles. The molecule has 8 nitrogen and oxygen atoms in total. The zero-order chi connectivity index (χ0) is 22.3. The highest BCUT2D eigenvalue weighted by Crippen LogP contribution is 2.40. The molecule has 1 N–H and O–H groups in total. The number of amides is 1. The third kappa shape index (κ3) is 3.51. The van der Waals surface area contributed by atoms with Gasteiger partial charge in [-0.1, -0.05) is 18.2 Å². The lowest BCUT2D eigenvalue weighted by Crippen LogP contribution is -2.52. The second-order valence-corrected chi connectivity index (χ2v) is 8.35. The molecule has 5 rings (SSSR count). The van der Waals surface area contributed by atoms with Crippen LogP contribution in [0.2, 0.25) is 0 Å². The third-order valence-electron chi connectivity index (χ3n) is 6.42. The Labute approximate surface area is 184 Å². The molecule has 1 fully saturated rings. The van der Waals surface area contributed by atoms with Gasteiger partial charge in [-0.25, -0.2) is 5.10 Å². The molecule has 2 aliphatic heterocycles. The number of rotatable bonds is 3. The number of nitrogens with one attached hydrogen (secondary N) is 1. The highest BCUT2D eigenvalue weighted by Gasteiger charge is 2.43. The molecule has 32 heavy (non-hydrogen) atoms. The minimum absolute atomic E-state index is 0.0533. The number of carbonyl (C=O) groups excluding carboxylic acids is 2. The summed E-state index contributed by atoms with van der Waals surface area (Å²) in [4.78, 5) is 39.5. The number of benzene rings is 2. The summed E-state index contributed by atoms with van der Waals surface area (Å²) in [6.45, 7) is 0.986. The molecule has 8 heteroatoms. The van der Waals surface area contributed by atoms with E-state index in [9.17, 15) is 14.4 Å². The molecule has 0 radical (unpaired) electrons. The molecule has 0 aliphatic carbocycles. The number of likely N-dealkylation sites (tertiary alicyclic amines) is 1. The van der Waals surface area contributed by atoms with E-state index >= 15 is 0 Å². The Morgan fingerprint density at radius 2 is 1.91 bits per heavy atom. The summed E-state index contributed by atoms with van der Waals surface area (Å²) in [7, 11) is 1.58. The molecule has 3 heterocycles. The highest BCUT2D eigenvalue weighted by molar-refractivity contribution is 6.00. The summed E-state index contributed by atoms with van der Waals surface area (Å²) in [5.41, 5.74) is 0.255. The largest absolute Gasteiger partial charge is 0.497 e. The Kier molecular flexibility index (Phi) is 4.92. The number of nitrogens with zero attached hydrogens (tertiary/aromatic N) is 2. The molecule has 2 aliphatic rings. The zero-order valence-electron chi connectivity index (χ0n) is 17.7. The van der Waals surface area contributed by atoms with Gasteiger partial charge in [-0.3, -0.25) is 14.4 Å². The molecular weight excluding hydrogens is 410 g/mol. The zero-order valence-corrected chi connectivity index (χ0v) is 17.7. The van der Waals surface area contributed by atoms with Gasteiger partial charge in [0.15, 0.2) is 5.78 Å². The van der Waals surface area contributed by atoms with E-state index in [1.165, 1.54) is 0 Å². The van der Waals surface area contributed by atoms with Gasteiger partial charge < -0.3 is 14.4 Å². The van der Waals surface area contributed by atoms with Gasteiger partial charge in [0.2, 0.25) is 5.91 Å². The van der Waals surface area contributed by atoms with Gasteiger partial charge in [-0.05, 0) is 18.2 Å². The lowest BCUT2D eigenvalue weighted by molar-refractivity contribution is -0.134. The number of ketones is 1. The first-order valence-electron chi connectivity index (χ1n) is 10.6. The van der Waals surface area contributed by atoms with Crippen molar-refractivity contribution in [1.82, 2.24) is 15.1 Å². The van der Waals surface area contributed by atoms with Crippen LogP contribution in [0.1, 0.15) is 35.3 Å². The van der Waals surface area contributed by atoms with Crippen LogP contribution in [0.3, 0.4) is 0 Å². The maximum absolute atomic E-state index is 13.0. The predicted octanol–water partition coefficient (Wildman–Crippen LogP) is 2.50. The van der Waals surface area contributed by atoms with E-state index in [1.54, 1.807) is 48.4 Å². The van der Waals surface area contributed by atoms with Crippen molar-refractivity contribution >= 4 is 22.5 Å². The molecule has 3 aromatic rings. The number of carbonyl (C=O) groups is 2. The molecule has 1 spiro atoms. The predicted molar refractivity (Wildman–Crippen MR) is 117 cm³/mol. The van der Waals surface area contributed by atoms with E-state index in [2.05, 4.69) is 10.2 Å². The van der Waals surface area contributed by atoms with Crippen molar-refractivity contribution in [3.05, 3.63) is 64.1 Å². The van der Waals surface area contributed by atoms with Gasteiger partial charge in [0, 0.05) is 37.4 Å². The molecule has 0 bridgehead atoms. The summed E-state index contributed by atoms with van der Waals surface area (Å²) in [5.74, 6) is 1.18. The Balaban J connectivity index is 1.30. The van der Waals surface area contributed by atoms with Crippen LogP contribution in [0, 0.1) is 0 Å². The molecule has 0 unspecified atom stereocenters. The van der Waals surface area contributed by atoms with Gasteiger partial charge in [-0.15, -0.1) is 0 Å². The van der Waals surface area contributed by atoms with E-state index < -0.39 is 5.60 Å². The average Bonchev–Trinajstić information content (AvgIpc) is 2.81. The first-order chi connectivity index (χ1) is 15.5. The number of fused-ring (bicyclic) bond motifs is 2. The Morgan fingerprint density at radius 1 is 1.16 bits per heavy atom. The van der Waals surface area contributed by atoms with Gasteiger partial charge in [0.25, 0.3) is 5.56 Å². The van der Waals surface area contributed by atoms with Crippen LogP contribution in [0.4, 0.5) is 0 Å². The maximum atomic E-state index is 13.0. The number of H-pyrrole nitrogens is 1. The number of hydrogen-bond donors (Lipinski definition) is 1. The second kappa shape index (κ2) is 7.78. The van der Waals surface area contributed by atoms with E-state index in [0.717, 1.165) is 0 Å². The van der Waals surface area contributed by atoms with Crippen molar-refractivity contribution in [2.24, 2.45) is 0 Å². The quantitative estimate of drug-likeness (QED) is 0.681. The normalized spacial score (nSPS) is 17.2. The van der Waals surface area contributed by atoms with Gasteiger partial charge in [0.1, 0.15) is 17.1 Å². The summed E-state index contributed by atoms with van der Waals surface area (Å²) in [5, 5.41) is 7.79. The first-order valence-corrected chi connectivity index (χ1v) is 10.6. The van der Waals surface area contributed by atoms with Crippen LogP contribution in [0.15, 0.2) is 47.3 Å². The Hall–Kier alpha value is -3.68. The topological polar surface area (TPSA) is 102 Å². The minimum atomic E-state index is -0.601. The van der Waals surface area contributed by atoms with E-state index in [-0.39, 0.29) is 23.7 Å². The standard InChI is InChI=1S/C24H23N3O5/c1-31-15-6-7-18-20(28)14-24(32-21(18)12-15)8-10-27(11-9-24)22(29)13-19-16-4-2-3-5-17(16)23(30)26-25-19/h2-7,12H,8-11,13-14H2,1H3,(H,26,30). The van der Waals surface area contributed by atoms with Crippen molar-refractivity contribution in [3.8, 4) is 11.5 Å². The van der Waals surface area contributed by atoms with Gasteiger partial charge in [-0.2, -0.15) is 5.10 Å². The number of ether oxygens (including phenoxy) is 2. The van der Waals surface area contributed by atoms with Crippen molar-refractivity contribution in [2.45, 2.75) is 31.3 Å². The number of methoxy groups -OCH3 is 1. The van der Waals surface area contributed by atoms with Gasteiger partial charge in [0.05, 0.1) is 36.6 Å². The highest BCUT2D eigenvalue weighted by atomic mass is 16.5. The molecular formula is C24H23N3O5. The summed E-state index contributed by atoms with van der Waals surface area (Å²) >= 11 is 0. The van der Waals surface area contributed by atoms with Crippen LogP contribution in [-0.2, 0) is 11.2 Å².